The minimum atomic E-state index is -0.623. The molecule has 0 spiro atoms. The topological polar surface area (TPSA) is 37.4 Å². The van der Waals surface area contributed by atoms with E-state index in [4.69, 9.17) is 0 Å². The van der Waals surface area contributed by atoms with E-state index < -0.39 is 20.7 Å². The molecule has 2 amide bonds. The predicted molar refractivity (Wildman–Crippen MR) is 181 cm³/mol. The van der Waals surface area contributed by atoms with Gasteiger partial charge in [0.15, 0.2) is 0 Å². The van der Waals surface area contributed by atoms with Crippen molar-refractivity contribution in [3.05, 3.63) is 81.4 Å². The molecule has 7 rings (SSSR count). The zero-order chi connectivity index (χ0) is 28.9. The van der Waals surface area contributed by atoms with Gasteiger partial charge in [-0.1, -0.05) is 71.9 Å². The molecule has 3 aromatic heterocycles. The van der Waals surface area contributed by atoms with E-state index in [0.717, 1.165) is 0 Å². The Morgan fingerprint density at radius 2 is 1.46 bits per heavy atom. The van der Waals surface area contributed by atoms with E-state index >= 15 is 0 Å². The van der Waals surface area contributed by atoms with Gasteiger partial charge in [-0.15, -0.1) is 69.3 Å². The van der Waals surface area contributed by atoms with Gasteiger partial charge in [-0.05, 0) is 35.0 Å². The van der Waals surface area contributed by atoms with Gasteiger partial charge in [-0.25, -0.2) is 4.90 Å². The molecule has 0 aliphatic carbocycles. The van der Waals surface area contributed by atoms with Crippen molar-refractivity contribution in [2.75, 3.05) is 4.90 Å². The highest BCUT2D eigenvalue weighted by Gasteiger charge is 2.80. The number of carbonyl (C=O) groups is 2. The van der Waals surface area contributed by atoms with E-state index in [2.05, 4.69) is 76.6 Å². The maximum Gasteiger partial charge on any atom is 0.240 e. The third kappa shape index (κ3) is 4.13. The third-order valence-corrected chi connectivity index (χ3v) is 15.9. The van der Waals surface area contributed by atoms with Gasteiger partial charge in [-0.2, -0.15) is 0 Å². The zero-order valence-corrected chi connectivity index (χ0v) is 28.6. The van der Waals surface area contributed by atoms with Crippen LogP contribution in [0.25, 0.3) is 9.75 Å². The Morgan fingerprint density at radius 3 is 2.07 bits per heavy atom. The fraction of sp³-hybridized carbons (Fsp3) is 0.375. The average molecular weight is 654 g/mol. The van der Waals surface area contributed by atoms with Crippen LogP contribution in [0, 0.1) is 11.8 Å². The lowest BCUT2D eigenvalue weighted by atomic mass is 9.69. The molecule has 1 aromatic carbocycles. The summed E-state index contributed by atoms with van der Waals surface area (Å²) >= 11 is 11.0. The van der Waals surface area contributed by atoms with Crippen LogP contribution in [-0.4, -0.2) is 21.3 Å². The van der Waals surface area contributed by atoms with Crippen molar-refractivity contribution in [1.82, 2.24) is 0 Å². The number of rotatable bonds is 5. The van der Waals surface area contributed by atoms with E-state index in [-0.39, 0.29) is 21.3 Å². The summed E-state index contributed by atoms with van der Waals surface area (Å²) in [5, 5.41) is 4.26. The van der Waals surface area contributed by atoms with E-state index in [1.54, 1.807) is 22.7 Å². The Morgan fingerprint density at radius 1 is 0.780 bits per heavy atom. The number of thioether (sulfide) groups is 3. The molecule has 3 aliphatic rings. The van der Waals surface area contributed by atoms with Crippen LogP contribution < -0.4 is 4.90 Å². The van der Waals surface area contributed by atoms with E-state index in [1.807, 2.05) is 77.0 Å². The number of anilines is 1. The van der Waals surface area contributed by atoms with Gasteiger partial charge in [-0.3, -0.25) is 9.59 Å². The molecule has 6 heterocycles. The molecule has 2 saturated heterocycles. The summed E-state index contributed by atoms with van der Waals surface area (Å²) in [5.41, 5.74) is 3.24. The van der Waals surface area contributed by atoms with Crippen molar-refractivity contribution >= 4 is 86.8 Å². The molecule has 9 heteroatoms. The number of fused-ring (bicyclic) bond motifs is 8. The molecule has 41 heavy (non-hydrogen) atoms. The third-order valence-electron chi connectivity index (χ3n) is 7.57. The number of hydrogen-bond acceptors (Lipinski definition) is 8. The van der Waals surface area contributed by atoms with Gasteiger partial charge in [0.2, 0.25) is 11.8 Å². The van der Waals surface area contributed by atoms with Crippen LogP contribution in [0.1, 0.15) is 57.5 Å². The highest BCUT2D eigenvalue weighted by molar-refractivity contribution is 8.19. The maximum atomic E-state index is 14.7. The van der Waals surface area contributed by atoms with Crippen LogP contribution >= 0.6 is 69.3 Å². The summed E-state index contributed by atoms with van der Waals surface area (Å²) in [6.45, 7) is 13.5. The van der Waals surface area contributed by atoms with Gasteiger partial charge >= 0.3 is 0 Å². The Balaban J connectivity index is 1.58. The SMILES string of the molecule is CC(C)(C)Sc1sc(-c2cccs2)c2c1[C@@]1(c3cccs3)S[C@]2(SC(C)(C)C)[C@@H]2C(=O)N(c3ccccc3)C(=O)[C@@H]21. The van der Waals surface area contributed by atoms with E-state index in [9.17, 15) is 9.59 Å². The Hall–Kier alpha value is -1.49. The predicted octanol–water partition coefficient (Wildman–Crippen LogP) is 9.92. The second-order valence-corrected chi connectivity index (χ2v) is 21.5. The summed E-state index contributed by atoms with van der Waals surface area (Å²) in [5.74, 6) is -1.05. The second kappa shape index (κ2) is 9.50. The number of benzene rings is 1. The van der Waals surface area contributed by atoms with Crippen LogP contribution in [0.5, 0.6) is 0 Å². The van der Waals surface area contributed by atoms with Crippen molar-refractivity contribution in [2.45, 2.75) is 64.1 Å². The minimum Gasteiger partial charge on any atom is -0.274 e. The molecular weight excluding hydrogens is 623 g/mol. The van der Waals surface area contributed by atoms with Crippen LogP contribution in [0.15, 0.2) is 69.6 Å². The van der Waals surface area contributed by atoms with Gasteiger partial charge in [0.1, 0.15) is 4.08 Å². The maximum absolute atomic E-state index is 14.7. The van der Waals surface area contributed by atoms with Crippen molar-refractivity contribution in [2.24, 2.45) is 11.8 Å². The normalized spacial score (nSPS) is 27.1. The van der Waals surface area contributed by atoms with Crippen molar-refractivity contribution < 1.29 is 9.59 Å². The average Bonchev–Trinajstić information content (AvgIpc) is 3.70. The number of hydrogen-bond donors (Lipinski definition) is 0. The molecule has 3 aliphatic heterocycles. The lowest BCUT2D eigenvalue weighted by Gasteiger charge is -2.38. The largest absolute Gasteiger partial charge is 0.274 e. The fourth-order valence-corrected chi connectivity index (χ4v) is 16.9. The van der Waals surface area contributed by atoms with Crippen molar-refractivity contribution in [3.63, 3.8) is 0 Å². The van der Waals surface area contributed by atoms with Gasteiger partial charge < -0.3 is 0 Å². The fourth-order valence-electron chi connectivity index (χ4n) is 6.49. The summed E-state index contributed by atoms with van der Waals surface area (Å²) in [6, 6.07) is 18.1. The number of amides is 2. The van der Waals surface area contributed by atoms with E-state index in [0.29, 0.717) is 5.69 Å². The molecule has 2 fully saturated rings. The molecule has 212 valence electrons. The first-order chi connectivity index (χ1) is 19.4. The summed E-state index contributed by atoms with van der Waals surface area (Å²) in [4.78, 5) is 34.6. The van der Waals surface area contributed by atoms with Gasteiger partial charge in [0, 0.05) is 30.4 Å². The zero-order valence-electron chi connectivity index (χ0n) is 23.7. The monoisotopic (exact) mass is 653 g/mol. The molecular formula is C32H31NO2S6. The quantitative estimate of drug-likeness (QED) is 0.158. The summed E-state index contributed by atoms with van der Waals surface area (Å²) in [6.07, 6.45) is 0. The first kappa shape index (κ1) is 28.3. The molecule has 4 atom stereocenters. The van der Waals surface area contributed by atoms with Crippen molar-refractivity contribution in [1.29, 1.82) is 0 Å². The summed E-state index contributed by atoms with van der Waals surface area (Å²) in [7, 11) is 0. The molecule has 0 unspecified atom stereocenters. The Kier molecular flexibility index (Phi) is 6.56. The molecule has 0 radical (unpaired) electrons. The smallest absolute Gasteiger partial charge is 0.240 e. The van der Waals surface area contributed by atoms with Gasteiger partial charge in [0.25, 0.3) is 0 Å². The lowest BCUT2D eigenvalue weighted by molar-refractivity contribution is -0.122. The molecule has 2 bridgehead atoms. The number of carbonyl (C=O) groups excluding carboxylic acids is 2. The Bertz CT molecular complexity index is 1640. The van der Waals surface area contributed by atoms with Crippen LogP contribution in [0.4, 0.5) is 5.69 Å². The second-order valence-electron chi connectivity index (χ2n) is 12.7. The van der Waals surface area contributed by atoms with Crippen LogP contribution in [-0.2, 0) is 18.4 Å². The molecule has 3 nitrogen and oxygen atoms in total. The van der Waals surface area contributed by atoms with Crippen molar-refractivity contribution in [3.8, 4) is 9.75 Å². The molecule has 0 saturated carbocycles. The van der Waals surface area contributed by atoms with Gasteiger partial charge in [0.05, 0.1) is 31.4 Å². The Labute approximate surface area is 266 Å². The van der Waals surface area contributed by atoms with Crippen LogP contribution in [0.2, 0.25) is 0 Å². The first-order valence-electron chi connectivity index (χ1n) is 13.7. The highest BCUT2D eigenvalue weighted by Crippen LogP contribution is 2.84. The summed E-state index contributed by atoms with van der Waals surface area (Å²) < 4.78 is -0.0814. The molecule has 4 aromatic rings. The standard InChI is InChI=1S/C32H31NO2S6/c1-29(2,3)39-28-24-21(25(38-28)19-14-10-16-36-19)32(40-30(4,5)6)23-22(31(24,41-32)20-15-11-17-37-20)26(34)33(27(23)35)18-12-8-7-9-13-18/h7-17,22-23H,1-6H3/t22-,23+,31+,32+/m1/s1. The van der Waals surface area contributed by atoms with E-state index in [1.165, 1.54) is 34.9 Å². The number of para-hydroxylation sites is 1. The number of nitrogens with zero attached hydrogens (tertiary/aromatic N) is 1. The number of thiophene rings is 3. The van der Waals surface area contributed by atoms with Crippen LogP contribution in [0.3, 0.4) is 0 Å². The lowest BCUT2D eigenvalue weighted by Crippen LogP contribution is -2.41. The number of imide groups is 1. The molecule has 0 N–H and O–H groups in total. The first-order valence-corrected chi connectivity index (χ1v) is 18.7. The highest BCUT2D eigenvalue weighted by atomic mass is 32.2. The minimum absolute atomic E-state index is 0.0101.